The molecule has 2 aliphatic rings. The van der Waals surface area contributed by atoms with Gasteiger partial charge >= 0.3 is 0 Å². The lowest BCUT2D eigenvalue weighted by Crippen LogP contribution is -2.65. The Bertz CT molecular complexity index is 1090. The summed E-state index contributed by atoms with van der Waals surface area (Å²) in [6, 6.07) is -0.916. The molecule has 0 aromatic rings. The summed E-state index contributed by atoms with van der Waals surface area (Å²) < 4.78 is 22.5. The summed E-state index contributed by atoms with van der Waals surface area (Å²) in [4.78, 5) is 13.0. The van der Waals surface area contributed by atoms with Gasteiger partial charge in [0.15, 0.2) is 12.6 Å². The Morgan fingerprint density at radius 1 is 0.643 bits per heavy atom. The molecule has 2 rings (SSSR count). The smallest absolute Gasteiger partial charge is 0.220 e. The average Bonchev–Trinajstić information content (AvgIpc) is 3.19. The van der Waals surface area contributed by atoms with E-state index in [0.717, 1.165) is 77.0 Å². The van der Waals surface area contributed by atoms with Crippen LogP contribution >= 0.6 is 0 Å². The van der Waals surface area contributed by atoms with Crippen LogP contribution in [0.15, 0.2) is 36.5 Å². The maximum Gasteiger partial charge on any atom is 0.220 e. The molecule has 0 saturated carbocycles. The summed E-state index contributed by atoms with van der Waals surface area (Å²) in [6.07, 6.45) is 13.7. The predicted octanol–water partition coefficient (Wildman–Crippen LogP) is 3.20. The van der Waals surface area contributed by atoms with E-state index in [1.807, 2.05) is 6.08 Å². The molecule has 12 atom stereocenters. The van der Waals surface area contributed by atoms with Gasteiger partial charge in [0.2, 0.25) is 5.91 Å². The van der Waals surface area contributed by atoms with Crippen LogP contribution in [0.4, 0.5) is 0 Å². The highest BCUT2D eigenvalue weighted by atomic mass is 16.7. The summed E-state index contributed by atoms with van der Waals surface area (Å²) in [5.74, 6) is -0.261. The number of amides is 1. The van der Waals surface area contributed by atoms with Crippen LogP contribution in [0.2, 0.25) is 0 Å². The molecule has 12 unspecified atom stereocenters. The Balaban J connectivity index is 1.89. The number of aliphatic hydroxyl groups is 8. The third-order valence-corrected chi connectivity index (χ3v) is 10.3. The first-order chi connectivity index (χ1) is 27.1. The quantitative estimate of drug-likeness (QED) is 0.0376. The number of rotatable bonds is 30. The zero-order valence-electron chi connectivity index (χ0n) is 33.9. The summed E-state index contributed by atoms with van der Waals surface area (Å²) in [5, 5.41) is 86.0. The number of unbranched alkanes of at least 4 members (excludes halogenated alkanes) is 13. The standard InChI is InChI=1S/C42H75NO13/c1-3-5-7-9-11-12-13-14-15-16-17-18-20-22-24-26-34(47)43-30(31(46)25-23-21-19-10-8-6-4-2)29-53-41-39(52)37(50)40(33(28-45)55-41)56-42-38(51)36(49)35(48)32(27-44)54-42/h11-12,14-15,23,25,30-33,35-42,44-46,48-52H,3-10,13,16-22,24,26-29H2,1-2H3,(H,43,47)/b12-11-,15-14-,25-23+. The SMILES string of the molecule is CCCCC/C=C\C/C=C\CCCCCCCC(=O)NC(COC1OC(CO)C(OC2OC(CO)C(O)C(O)C2O)C(O)C1O)C(O)/C=C/CCCCCCC. The third kappa shape index (κ3) is 18.9. The highest BCUT2D eigenvalue weighted by molar-refractivity contribution is 5.76. The van der Waals surface area contributed by atoms with Crippen molar-refractivity contribution in [2.75, 3.05) is 19.8 Å². The minimum Gasteiger partial charge on any atom is -0.394 e. The molecule has 0 bridgehead atoms. The van der Waals surface area contributed by atoms with Crippen LogP contribution in [-0.4, -0.2) is 140 Å². The fourth-order valence-corrected chi connectivity index (χ4v) is 6.73. The maximum absolute atomic E-state index is 13.0. The number of aliphatic hydroxyl groups excluding tert-OH is 8. The molecular weight excluding hydrogens is 726 g/mol. The van der Waals surface area contributed by atoms with E-state index in [-0.39, 0.29) is 18.9 Å². The number of hydrogen-bond donors (Lipinski definition) is 9. The summed E-state index contributed by atoms with van der Waals surface area (Å²) in [6.45, 7) is 2.64. The second kappa shape index (κ2) is 30.3. The van der Waals surface area contributed by atoms with E-state index >= 15 is 0 Å². The van der Waals surface area contributed by atoms with Crippen molar-refractivity contribution < 1.29 is 64.6 Å². The zero-order chi connectivity index (χ0) is 41.1. The maximum atomic E-state index is 13.0. The van der Waals surface area contributed by atoms with Crippen LogP contribution in [-0.2, 0) is 23.7 Å². The molecule has 2 heterocycles. The second-order valence-corrected chi connectivity index (χ2v) is 15.1. The van der Waals surface area contributed by atoms with Crippen LogP contribution in [0.1, 0.15) is 129 Å². The molecule has 0 aliphatic carbocycles. The fraction of sp³-hybridized carbons (Fsp3) is 0.833. The molecule has 9 N–H and O–H groups in total. The number of carbonyl (C=O) groups is 1. The highest BCUT2D eigenvalue weighted by Crippen LogP contribution is 2.29. The summed E-state index contributed by atoms with van der Waals surface area (Å²) in [5.41, 5.74) is 0. The van der Waals surface area contributed by atoms with Crippen molar-refractivity contribution in [3.8, 4) is 0 Å². The molecule has 2 aliphatic heterocycles. The molecule has 0 radical (unpaired) electrons. The van der Waals surface area contributed by atoms with Crippen LogP contribution in [0.5, 0.6) is 0 Å². The Hall–Kier alpha value is -1.79. The first-order valence-electron chi connectivity index (χ1n) is 21.2. The minimum atomic E-state index is -1.79. The lowest BCUT2D eigenvalue weighted by molar-refractivity contribution is -0.359. The molecule has 56 heavy (non-hydrogen) atoms. The number of ether oxygens (including phenoxy) is 4. The molecule has 0 aromatic heterocycles. The minimum absolute atomic E-state index is 0.261. The van der Waals surface area contributed by atoms with Gasteiger partial charge < -0.3 is 65.1 Å². The van der Waals surface area contributed by atoms with Crippen molar-refractivity contribution in [1.82, 2.24) is 5.32 Å². The third-order valence-electron chi connectivity index (χ3n) is 10.3. The first kappa shape index (κ1) is 50.4. The Morgan fingerprint density at radius 2 is 1.18 bits per heavy atom. The molecule has 326 valence electrons. The molecule has 2 saturated heterocycles. The normalized spacial score (nSPS) is 29.8. The van der Waals surface area contributed by atoms with Gasteiger partial charge in [0, 0.05) is 6.42 Å². The highest BCUT2D eigenvalue weighted by Gasteiger charge is 2.50. The van der Waals surface area contributed by atoms with E-state index in [1.165, 1.54) is 25.7 Å². The largest absolute Gasteiger partial charge is 0.394 e. The molecule has 2 fully saturated rings. The van der Waals surface area contributed by atoms with Crippen LogP contribution < -0.4 is 5.32 Å². The molecule has 0 aromatic carbocycles. The van der Waals surface area contributed by atoms with Crippen molar-refractivity contribution in [2.45, 2.75) is 203 Å². The van der Waals surface area contributed by atoms with Crippen LogP contribution in [0.25, 0.3) is 0 Å². The molecule has 14 nitrogen and oxygen atoms in total. The van der Waals surface area contributed by atoms with Crippen LogP contribution in [0, 0.1) is 0 Å². The monoisotopic (exact) mass is 802 g/mol. The van der Waals surface area contributed by atoms with Gasteiger partial charge in [0.25, 0.3) is 0 Å². The van der Waals surface area contributed by atoms with Crippen molar-refractivity contribution in [3.05, 3.63) is 36.5 Å². The number of hydrogen-bond acceptors (Lipinski definition) is 13. The molecule has 1 amide bonds. The van der Waals surface area contributed by atoms with E-state index in [0.29, 0.717) is 6.42 Å². The molecular formula is C42H75NO13. The van der Waals surface area contributed by atoms with Crippen molar-refractivity contribution in [3.63, 3.8) is 0 Å². The van der Waals surface area contributed by atoms with Gasteiger partial charge in [0.1, 0.15) is 48.8 Å². The van der Waals surface area contributed by atoms with Gasteiger partial charge in [-0.05, 0) is 51.4 Å². The van der Waals surface area contributed by atoms with Crippen molar-refractivity contribution in [1.29, 1.82) is 0 Å². The van der Waals surface area contributed by atoms with E-state index in [4.69, 9.17) is 18.9 Å². The number of carbonyl (C=O) groups excluding carboxylic acids is 1. The van der Waals surface area contributed by atoms with Crippen molar-refractivity contribution in [2.24, 2.45) is 0 Å². The second-order valence-electron chi connectivity index (χ2n) is 15.1. The van der Waals surface area contributed by atoms with Gasteiger partial charge in [0.05, 0.1) is 32.0 Å². The lowest BCUT2D eigenvalue weighted by Gasteiger charge is -2.46. The van der Waals surface area contributed by atoms with Gasteiger partial charge in [-0.3, -0.25) is 4.79 Å². The van der Waals surface area contributed by atoms with E-state index < -0.39 is 86.8 Å². The van der Waals surface area contributed by atoms with E-state index in [2.05, 4.69) is 43.5 Å². The molecule has 14 heteroatoms. The average molecular weight is 802 g/mol. The van der Waals surface area contributed by atoms with Gasteiger partial charge in [-0.15, -0.1) is 0 Å². The van der Waals surface area contributed by atoms with Gasteiger partial charge in [-0.2, -0.15) is 0 Å². The van der Waals surface area contributed by atoms with E-state index in [1.54, 1.807) is 6.08 Å². The molecule has 0 spiro atoms. The summed E-state index contributed by atoms with van der Waals surface area (Å²) >= 11 is 0. The van der Waals surface area contributed by atoms with Crippen molar-refractivity contribution >= 4 is 5.91 Å². The van der Waals surface area contributed by atoms with E-state index in [9.17, 15) is 45.6 Å². The summed E-state index contributed by atoms with van der Waals surface area (Å²) in [7, 11) is 0. The zero-order valence-corrected chi connectivity index (χ0v) is 33.9. The van der Waals surface area contributed by atoms with Gasteiger partial charge in [-0.25, -0.2) is 0 Å². The Labute approximate surface area is 334 Å². The number of nitrogens with one attached hydrogen (secondary N) is 1. The topological polar surface area (TPSA) is 228 Å². The Morgan fingerprint density at radius 3 is 1.82 bits per heavy atom. The van der Waals surface area contributed by atoms with Gasteiger partial charge in [-0.1, -0.05) is 108 Å². The lowest BCUT2D eigenvalue weighted by atomic mass is 9.97. The predicted molar refractivity (Wildman–Crippen MR) is 212 cm³/mol. The Kier molecular flexibility index (Phi) is 27.2. The number of allylic oxidation sites excluding steroid dienone is 5. The van der Waals surface area contributed by atoms with Crippen LogP contribution in [0.3, 0.4) is 0 Å². The first-order valence-corrected chi connectivity index (χ1v) is 21.2. The fourth-order valence-electron chi connectivity index (χ4n) is 6.73.